The second kappa shape index (κ2) is 4.74. The van der Waals surface area contributed by atoms with Crippen LogP contribution in [0.25, 0.3) is 0 Å². The predicted octanol–water partition coefficient (Wildman–Crippen LogP) is -0.244. The quantitative estimate of drug-likeness (QED) is 0.593. The van der Waals surface area contributed by atoms with E-state index in [9.17, 15) is 9.59 Å². The van der Waals surface area contributed by atoms with E-state index in [1.165, 1.54) is 11.3 Å². The molecule has 2 amide bonds. The largest absolute Gasteiger partial charge is 0.347 e. The average Bonchev–Trinajstić information content (AvgIpc) is 1.98. The predicted molar refractivity (Wildman–Crippen MR) is 46.1 cm³/mol. The number of hydrogen-bond acceptors (Lipinski definition) is 2. The molecule has 1 atom stereocenters. The standard InChI is InChI=1S/C8H15N2O2/c1-6(2)7(9-5-11)8(12)10(3)4/h6-7H,1-4H3,(H,9,11). The van der Waals surface area contributed by atoms with Gasteiger partial charge >= 0.3 is 6.41 Å². The molecule has 0 spiro atoms. The monoisotopic (exact) mass is 171 g/mol. The van der Waals surface area contributed by atoms with Crippen LogP contribution in [0.1, 0.15) is 13.8 Å². The summed E-state index contributed by atoms with van der Waals surface area (Å²) in [5.74, 6) is -0.0188. The van der Waals surface area contributed by atoms with Crippen LogP contribution in [0.2, 0.25) is 0 Å². The van der Waals surface area contributed by atoms with E-state index < -0.39 is 6.04 Å². The highest BCUT2D eigenvalue weighted by Gasteiger charge is 2.22. The van der Waals surface area contributed by atoms with Crippen molar-refractivity contribution in [3.05, 3.63) is 0 Å². The van der Waals surface area contributed by atoms with E-state index >= 15 is 0 Å². The summed E-state index contributed by atoms with van der Waals surface area (Å²) in [6.07, 6.45) is 1.54. The van der Waals surface area contributed by atoms with Gasteiger partial charge in [-0.3, -0.25) is 9.59 Å². The fourth-order valence-electron chi connectivity index (χ4n) is 0.855. The molecule has 0 fully saturated rings. The molecule has 0 aliphatic rings. The minimum Gasteiger partial charge on any atom is -0.347 e. The van der Waals surface area contributed by atoms with Crippen LogP contribution in [0.5, 0.6) is 0 Å². The second-order valence-electron chi connectivity index (χ2n) is 3.20. The first kappa shape index (κ1) is 10.9. The summed E-state index contributed by atoms with van der Waals surface area (Å²) in [5, 5.41) is 2.37. The fraction of sp³-hybridized carbons (Fsp3) is 0.750. The zero-order chi connectivity index (χ0) is 9.72. The number of rotatable bonds is 4. The maximum atomic E-state index is 11.4. The van der Waals surface area contributed by atoms with Crippen LogP contribution < -0.4 is 5.32 Å². The first-order valence-electron chi connectivity index (χ1n) is 3.84. The lowest BCUT2D eigenvalue weighted by Gasteiger charge is -2.22. The van der Waals surface area contributed by atoms with Crippen molar-refractivity contribution in [3.8, 4) is 0 Å². The summed E-state index contributed by atoms with van der Waals surface area (Å²) in [6.45, 7) is 3.74. The van der Waals surface area contributed by atoms with E-state index in [0.29, 0.717) is 0 Å². The molecule has 0 saturated heterocycles. The molecule has 0 aromatic rings. The summed E-state index contributed by atoms with van der Waals surface area (Å²) in [5.41, 5.74) is 0. The molecule has 0 heterocycles. The van der Waals surface area contributed by atoms with Crippen molar-refractivity contribution in [1.82, 2.24) is 10.2 Å². The van der Waals surface area contributed by atoms with Gasteiger partial charge in [-0.05, 0) is 5.92 Å². The lowest BCUT2D eigenvalue weighted by atomic mass is 10.0. The Morgan fingerprint density at radius 2 is 1.92 bits per heavy atom. The Labute approximate surface area is 72.9 Å². The number of amides is 2. The minimum atomic E-state index is -0.461. The first-order valence-corrected chi connectivity index (χ1v) is 3.84. The molecular weight excluding hydrogens is 156 g/mol. The van der Waals surface area contributed by atoms with Crippen molar-refractivity contribution in [2.45, 2.75) is 19.9 Å². The van der Waals surface area contributed by atoms with Crippen LogP contribution in [0.3, 0.4) is 0 Å². The molecule has 0 aliphatic carbocycles. The molecule has 0 aliphatic heterocycles. The van der Waals surface area contributed by atoms with Crippen LogP contribution in [0.15, 0.2) is 0 Å². The highest BCUT2D eigenvalue weighted by atomic mass is 16.2. The van der Waals surface area contributed by atoms with E-state index in [1.54, 1.807) is 14.1 Å². The van der Waals surface area contributed by atoms with Crippen molar-refractivity contribution < 1.29 is 9.59 Å². The summed E-state index contributed by atoms with van der Waals surface area (Å²) >= 11 is 0. The van der Waals surface area contributed by atoms with E-state index in [4.69, 9.17) is 0 Å². The Bertz CT molecular complexity index is 166. The molecule has 0 saturated carbocycles. The molecule has 0 aromatic heterocycles. The van der Waals surface area contributed by atoms with E-state index in [2.05, 4.69) is 5.32 Å². The summed E-state index contributed by atoms with van der Waals surface area (Å²) in [4.78, 5) is 22.9. The number of carbonyl (C=O) groups is 1. The van der Waals surface area contributed by atoms with Gasteiger partial charge < -0.3 is 10.2 Å². The Hall–Kier alpha value is -1.06. The average molecular weight is 171 g/mol. The molecule has 0 bridgehead atoms. The van der Waals surface area contributed by atoms with Gasteiger partial charge in [0.25, 0.3) is 0 Å². The molecule has 0 rings (SSSR count). The summed E-state index contributed by atoms with van der Waals surface area (Å²) in [7, 11) is 3.31. The Morgan fingerprint density at radius 1 is 1.42 bits per heavy atom. The molecule has 1 unspecified atom stereocenters. The van der Waals surface area contributed by atoms with Crippen molar-refractivity contribution in [3.63, 3.8) is 0 Å². The van der Waals surface area contributed by atoms with Crippen molar-refractivity contribution in [2.24, 2.45) is 5.92 Å². The van der Waals surface area contributed by atoms with Crippen LogP contribution in [0, 0.1) is 5.92 Å². The SMILES string of the molecule is CC(C)C(N[C]=O)C(=O)N(C)C. The zero-order valence-corrected chi connectivity index (χ0v) is 7.92. The number of nitrogens with one attached hydrogen (secondary N) is 1. The molecule has 1 radical (unpaired) electrons. The van der Waals surface area contributed by atoms with E-state index in [0.717, 1.165) is 0 Å². The third kappa shape index (κ3) is 2.90. The molecular formula is C8H15N2O2. The molecule has 4 heteroatoms. The van der Waals surface area contributed by atoms with Gasteiger partial charge in [0, 0.05) is 14.1 Å². The van der Waals surface area contributed by atoms with Gasteiger partial charge in [0.1, 0.15) is 6.04 Å². The van der Waals surface area contributed by atoms with Gasteiger partial charge in [0.05, 0.1) is 0 Å². The highest BCUT2D eigenvalue weighted by Crippen LogP contribution is 2.02. The molecule has 1 N–H and O–H groups in total. The maximum absolute atomic E-state index is 11.4. The van der Waals surface area contributed by atoms with E-state index in [-0.39, 0.29) is 11.8 Å². The Balaban J connectivity index is 4.29. The lowest BCUT2D eigenvalue weighted by Crippen LogP contribution is -2.46. The second-order valence-corrected chi connectivity index (χ2v) is 3.20. The minimum absolute atomic E-state index is 0.0846. The lowest BCUT2D eigenvalue weighted by molar-refractivity contribution is -0.131. The number of carbonyl (C=O) groups excluding carboxylic acids is 2. The number of likely N-dealkylation sites (N-methyl/N-ethyl adjacent to an activating group) is 1. The van der Waals surface area contributed by atoms with Crippen LogP contribution in [-0.2, 0) is 9.59 Å². The molecule has 0 aromatic carbocycles. The fourth-order valence-corrected chi connectivity index (χ4v) is 0.855. The third-order valence-electron chi connectivity index (χ3n) is 1.59. The zero-order valence-electron chi connectivity index (χ0n) is 7.92. The number of hydrogen-bond donors (Lipinski definition) is 1. The Kier molecular flexibility index (Phi) is 4.33. The Morgan fingerprint density at radius 3 is 2.17 bits per heavy atom. The van der Waals surface area contributed by atoms with Crippen LogP contribution in [0.4, 0.5) is 0 Å². The van der Waals surface area contributed by atoms with Gasteiger partial charge in [-0.15, -0.1) is 0 Å². The molecule has 4 nitrogen and oxygen atoms in total. The van der Waals surface area contributed by atoms with Gasteiger partial charge in [-0.1, -0.05) is 13.8 Å². The maximum Gasteiger partial charge on any atom is 0.309 e. The smallest absolute Gasteiger partial charge is 0.309 e. The summed E-state index contributed by atoms with van der Waals surface area (Å²) < 4.78 is 0. The van der Waals surface area contributed by atoms with Crippen molar-refractivity contribution in [2.75, 3.05) is 14.1 Å². The van der Waals surface area contributed by atoms with Gasteiger partial charge in [0.2, 0.25) is 5.91 Å². The van der Waals surface area contributed by atoms with Gasteiger partial charge in [-0.25, -0.2) is 0 Å². The third-order valence-corrected chi connectivity index (χ3v) is 1.59. The summed E-state index contributed by atoms with van der Waals surface area (Å²) in [6, 6.07) is -0.461. The van der Waals surface area contributed by atoms with Gasteiger partial charge in [-0.2, -0.15) is 0 Å². The number of nitrogens with zero attached hydrogens (tertiary/aromatic N) is 1. The topological polar surface area (TPSA) is 49.4 Å². The van der Waals surface area contributed by atoms with E-state index in [1.807, 2.05) is 13.8 Å². The highest BCUT2D eigenvalue weighted by molar-refractivity contribution is 5.83. The van der Waals surface area contributed by atoms with Crippen molar-refractivity contribution >= 4 is 12.3 Å². The molecule has 12 heavy (non-hydrogen) atoms. The molecule has 69 valence electrons. The van der Waals surface area contributed by atoms with Crippen LogP contribution >= 0.6 is 0 Å². The van der Waals surface area contributed by atoms with Crippen molar-refractivity contribution in [1.29, 1.82) is 0 Å². The normalized spacial score (nSPS) is 12.4. The van der Waals surface area contributed by atoms with Crippen LogP contribution in [-0.4, -0.2) is 37.4 Å². The first-order chi connectivity index (χ1) is 5.50. The van der Waals surface area contributed by atoms with Gasteiger partial charge in [0.15, 0.2) is 0 Å².